The number of nitrogens with one attached hydrogen (secondary N) is 3. The first kappa shape index (κ1) is 41.1. The number of H-pyrrole nitrogens is 2. The van der Waals surface area contributed by atoms with Crippen molar-refractivity contribution in [1.29, 1.82) is 0 Å². The van der Waals surface area contributed by atoms with Gasteiger partial charge in [0.25, 0.3) is 5.91 Å². The number of carboxylic acid groups (broad SMARTS) is 1. The second kappa shape index (κ2) is 18.1. The van der Waals surface area contributed by atoms with Gasteiger partial charge in [0.1, 0.15) is 32.7 Å². The molecule has 2 saturated heterocycles. The lowest BCUT2D eigenvalue weighted by Crippen LogP contribution is -2.35. The van der Waals surface area contributed by atoms with Crippen molar-refractivity contribution in [3.05, 3.63) is 72.6 Å². The summed E-state index contributed by atoms with van der Waals surface area (Å²) in [7, 11) is -1.80. The molecule has 6 N–H and O–H groups in total. The van der Waals surface area contributed by atoms with E-state index in [1.807, 2.05) is 36.5 Å². The van der Waals surface area contributed by atoms with Gasteiger partial charge in [0.05, 0.1) is 9.40 Å². The van der Waals surface area contributed by atoms with Crippen LogP contribution in [0.4, 0.5) is 0 Å². The van der Waals surface area contributed by atoms with Gasteiger partial charge < -0.3 is 26.1 Å². The van der Waals surface area contributed by atoms with Gasteiger partial charge in [-0.3, -0.25) is 14.8 Å². The van der Waals surface area contributed by atoms with E-state index in [4.69, 9.17) is 10.8 Å². The second-order valence-corrected chi connectivity index (χ2v) is 28.5. The van der Waals surface area contributed by atoms with Crippen LogP contribution in [0.15, 0.2) is 61.2 Å². The van der Waals surface area contributed by atoms with Crippen LogP contribution in [0.1, 0.15) is 66.9 Å². The van der Waals surface area contributed by atoms with Gasteiger partial charge in [0.15, 0.2) is 0 Å². The number of aromatic carboxylic acids is 1. The van der Waals surface area contributed by atoms with Crippen molar-refractivity contribution in [2.24, 2.45) is 5.73 Å². The predicted molar refractivity (Wildman–Crippen MR) is 229 cm³/mol. The van der Waals surface area contributed by atoms with Crippen LogP contribution in [0.2, 0.25) is 50.4 Å². The van der Waals surface area contributed by atoms with Crippen molar-refractivity contribution in [2.45, 2.75) is 108 Å². The minimum Gasteiger partial charge on any atom is -0.477 e. The van der Waals surface area contributed by atoms with Crippen molar-refractivity contribution in [1.82, 2.24) is 35.2 Å². The molecule has 8 rings (SSSR count). The average molecular weight is 803 g/mol. The summed E-state index contributed by atoms with van der Waals surface area (Å²) in [6.07, 6.45) is 14.4. The number of hydrogen-bond acceptors (Lipinski definition) is 9. The van der Waals surface area contributed by atoms with Crippen molar-refractivity contribution < 1.29 is 14.7 Å². The predicted octanol–water partition coefficient (Wildman–Crippen LogP) is 9.90. The summed E-state index contributed by atoms with van der Waals surface area (Å²) >= 11 is 3.02. The van der Waals surface area contributed by atoms with E-state index in [9.17, 15) is 9.59 Å². The number of carbonyl (C=O) groups excluding carboxylic acids is 1. The fourth-order valence-corrected chi connectivity index (χ4v) is 13.9. The first-order chi connectivity index (χ1) is 25.3. The highest BCUT2D eigenvalue weighted by atomic mass is 32.1. The normalized spacial score (nSPS) is 19.2. The number of nitrogens with zero attached hydrogens (tertiary/aromatic N) is 4. The molecule has 2 unspecified atom stereocenters. The van der Waals surface area contributed by atoms with E-state index in [-0.39, 0.29) is 19.0 Å². The Labute approximate surface area is 327 Å². The van der Waals surface area contributed by atoms with Crippen LogP contribution in [0.3, 0.4) is 0 Å². The van der Waals surface area contributed by atoms with Gasteiger partial charge in [-0.2, -0.15) is 0 Å². The zero-order chi connectivity index (χ0) is 37.6. The zero-order valence-electron chi connectivity index (χ0n) is 30.9. The van der Waals surface area contributed by atoms with Gasteiger partial charge in [-0.05, 0) is 62.1 Å². The summed E-state index contributed by atoms with van der Waals surface area (Å²) in [5.41, 5.74) is 9.95. The average Bonchev–Trinajstić information content (AvgIpc) is 3.87. The Kier molecular flexibility index (Phi) is 13.8. The van der Waals surface area contributed by atoms with E-state index in [0.29, 0.717) is 23.4 Å². The number of amides is 1. The molecule has 0 aliphatic carbocycles. The largest absolute Gasteiger partial charge is 0.477 e. The van der Waals surface area contributed by atoms with Crippen LogP contribution in [-0.4, -0.2) is 75.1 Å². The third kappa shape index (κ3) is 11.0. The summed E-state index contributed by atoms with van der Waals surface area (Å²) in [6.45, 7) is 9.90. The summed E-state index contributed by atoms with van der Waals surface area (Å²) in [5, 5.41) is 13.8. The topological polar surface area (TPSA) is 176 Å². The molecule has 11 nitrogen and oxygen atoms in total. The molecule has 2 aliphatic rings. The number of nitrogens with two attached hydrogens (primary N) is 1. The maximum atomic E-state index is 12.6. The van der Waals surface area contributed by atoms with Gasteiger partial charge in [-0.15, -0.1) is 22.7 Å². The summed E-state index contributed by atoms with van der Waals surface area (Å²) in [5.74, 6) is -0.984. The number of carbonyl (C=O) groups is 2. The number of pyridine rings is 2. The van der Waals surface area contributed by atoms with Gasteiger partial charge in [-0.25, -0.2) is 14.8 Å². The monoisotopic (exact) mass is 802 g/mol. The Morgan fingerprint density at radius 3 is 1.81 bits per heavy atom. The van der Waals surface area contributed by atoms with Crippen LogP contribution in [0.5, 0.6) is 0 Å². The van der Waals surface area contributed by atoms with Crippen molar-refractivity contribution in [3.63, 3.8) is 0 Å². The Balaban J connectivity index is 0.000000172. The first-order valence-electron chi connectivity index (χ1n) is 18.4. The summed E-state index contributed by atoms with van der Waals surface area (Å²) in [4.78, 5) is 46.5. The maximum absolute atomic E-state index is 12.6. The maximum Gasteiger partial charge on any atom is 0.352 e. The molecule has 6 aromatic rings. The van der Waals surface area contributed by atoms with Crippen LogP contribution in [0, 0.1) is 0 Å². The van der Waals surface area contributed by atoms with Crippen molar-refractivity contribution in [3.8, 4) is 21.1 Å². The van der Waals surface area contributed by atoms with E-state index in [2.05, 4.69) is 61.4 Å². The lowest BCUT2D eigenvalue weighted by atomic mass is 10.1. The summed E-state index contributed by atoms with van der Waals surface area (Å²) in [6, 6.07) is 17.6. The quantitative estimate of drug-likeness (QED) is 0.107. The van der Waals surface area contributed by atoms with Crippen LogP contribution < -0.4 is 11.1 Å². The van der Waals surface area contributed by atoms with Gasteiger partial charge in [0, 0.05) is 64.1 Å². The number of carboxylic acids is 1. The molecule has 2 atom stereocenters. The number of hydrogen-bond donors (Lipinski definition) is 5. The minimum atomic E-state index is -1.04. The summed E-state index contributed by atoms with van der Waals surface area (Å²) < 4.78 is 1.84. The second-order valence-electron chi connectivity index (χ2n) is 15.7. The lowest BCUT2D eigenvalue weighted by Gasteiger charge is -2.19. The Morgan fingerprint density at radius 2 is 1.30 bits per heavy atom. The third-order valence-corrected chi connectivity index (χ3v) is 19.0. The molecule has 0 spiro atoms. The standard InChI is InChI=1S/C19H24N4OSSi.C11H7N3O2S.C8H19NSi.CH4/c1-26(2)9-4-6-14(7-10-26)21-18(24)15-11-16-17(22-15)23-19(25-16)13-5-3-8-20-12-13;15-11(16)7-4-8-9(13-7)14-10(17-8)6-2-1-3-12-5-6;1-10(2)6-3-4-8(9)5-7-10;/h3,5,8,11-12,14,22H,4,6-7,9-10H2,1-2H3,(H,21,24);1-5,13H,(H,15,16);8H,3-7,9H2,1-2H3;1H4. The lowest BCUT2D eigenvalue weighted by molar-refractivity contribution is 0.0691. The minimum absolute atomic E-state index is 0. The van der Waals surface area contributed by atoms with E-state index in [0.717, 1.165) is 49.0 Å². The molecule has 8 heterocycles. The van der Waals surface area contributed by atoms with Crippen LogP contribution >= 0.6 is 22.7 Å². The Hall–Kier alpha value is -4.03. The third-order valence-electron chi connectivity index (χ3n) is 10.2. The van der Waals surface area contributed by atoms with Crippen molar-refractivity contribution in [2.75, 3.05) is 0 Å². The van der Waals surface area contributed by atoms with Crippen LogP contribution in [-0.2, 0) is 0 Å². The number of aromatic amines is 2. The molecular formula is C39H54N8O3S2Si2. The van der Waals surface area contributed by atoms with Crippen LogP contribution in [0.25, 0.3) is 41.8 Å². The fourth-order valence-electron chi connectivity index (χ4n) is 6.85. The highest BCUT2D eigenvalue weighted by Crippen LogP contribution is 2.32. The SMILES string of the molecule is C.C[Si]1(C)CCCC(N)CC1.C[Si]1(C)CCCC(NC(=O)c2cc3sc(-c4cccnc4)nc3[nH]2)CC1.O=C(O)c1cc2sc(-c3cccnc3)nc2[nH]1. The molecule has 15 heteroatoms. The molecule has 1 amide bonds. The molecule has 54 heavy (non-hydrogen) atoms. The number of fused-ring (bicyclic) bond motifs is 2. The molecule has 0 saturated carbocycles. The van der Waals surface area contributed by atoms with E-state index < -0.39 is 22.1 Å². The molecule has 288 valence electrons. The highest BCUT2D eigenvalue weighted by molar-refractivity contribution is 7.22. The van der Waals surface area contributed by atoms with Crippen molar-refractivity contribution >= 4 is 71.4 Å². The van der Waals surface area contributed by atoms with E-state index in [1.54, 1.807) is 36.0 Å². The fraction of sp³-hybridized carbons (Fsp3) is 0.436. The van der Waals surface area contributed by atoms with Gasteiger partial charge in [-0.1, -0.05) is 70.6 Å². The zero-order valence-corrected chi connectivity index (χ0v) is 34.6. The molecular weight excluding hydrogens is 749 g/mol. The van der Waals surface area contributed by atoms with Gasteiger partial charge in [0.2, 0.25) is 0 Å². The molecule has 0 bridgehead atoms. The number of rotatable bonds is 5. The molecule has 6 aromatic heterocycles. The molecule has 0 aromatic carbocycles. The molecule has 2 fully saturated rings. The van der Waals surface area contributed by atoms with Gasteiger partial charge >= 0.3 is 5.97 Å². The number of aromatic nitrogens is 6. The Bertz CT molecular complexity index is 2070. The number of thiazole rings is 2. The van der Waals surface area contributed by atoms with E-state index in [1.165, 1.54) is 61.2 Å². The highest BCUT2D eigenvalue weighted by Gasteiger charge is 2.27. The first-order valence-corrected chi connectivity index (χ1v) is 26.9. The molecule has 0 radical (unpaired) electrons. The molecule has 2 aliphatic heterocycles. The Morgan fingerprint density at radius 1 is 0.778 bits per heavy atom. The van der Waals surface area contributed by atoms with E-state index >= 15 is 0 Å². The smallest absolute Gasteiger partial charge is 0.352 e.